The van der Waals surface area contributed by atoms with Gasteiger partial charge in [-0.3, -0.25) is 4.68 Å². The number of halogens is 1. The van der Waals surface area contributed by atoms with E-state index < -0.39 is 9.05 Å². The Hall–Kier alpha value is -0.590. The van der Waals surface area contributed by atoms with Gasteiger partial charge in [0.05, 0.1) is 6.20 Å². The van der Waals surface area contributed by atoms with Gasteiger partial charge in [0.1, 0.15) is 4.90 Å². The molecule has 1 rings (SSSR count). The average Bonchev–Trinajstić information content (AvgIpc) is 2.47. The molecule has 0 fully saturated rings. The number of aliphatic hydroxyl groups is 1. The van der Waals surface area contributed by atoms with Crippen LogP contribution in [0.5, 0.6) is 0 Å². The maximum Gasteiger partial charge on any atom is 0.264 e. The fourth-order valence-corrected chi connectivity index (χ4v) is 1.49. The molecule has 0 aliphatic rings. The molecule has 0 atom stereocenters. The number of aliphatic hydroxyl groups excluding tert-OH is 1. The predicted molar refractivity (Wildman–Crippen MR) is 47.0 cm³/mol. The first-order valence-corrected chi connectivity index (χ1v) is 5.93. The quantitative estimate of drug-likeness (QED) is 0.742. The highest BCUT2D eigenvalue weighted by Gasteiger charge is 2.11. The molecule has 0 aliphatic heterocycles. The normalized spacial score (nSPS) is 11.8. The molecule has 0 radical (unpaired) electrons. The van der Waals surface area contributed by atoms with Gasteiger partial charge in [-0.05, 0) is 6.42 Å². The monoisotopic (exact) mass is 224 g/mol. The molecule has 1 aromatic heterocycles. The molecule has 1 heterocycles. The van der Waals surface area contributed by atoms with Gasteiger partial charge in [-0.15, -0.1) is 0 Å². The summed E-state index contributed by atoms with van der Waals surface area (Å²) in [5, 5.41) is 12.3. The Balaban J connectivity index is 2.76. The van der Waals surface area contributed by atoms with Gasteiger partial charge in [0.25, 0.3) is 9.05 Å². The van der Waals surface area contributed by atoms with Crippen LogP contribution in [0.1, 0.15) is 6.42 Å². The standard InChI is InChI=1S/C6H9ClN2O3S/c7-13(11,12)6-4-8-9(5-6)2-1-3-10/h4-5,10H,1-3H2. The Morgan fingerprint density at radius 3 is 2.77 bits per heavy atom. The van der Waals surface area contributed by atoms with Crippen molar-refractivity contribution in [1.82, 2.24) is 9.78 Å². The van der Waals surface area contributed by atoms with E-state index in [1.165, 1.54) is 17.1 Å². The average molecular weight is 225 g/mol. The maximum absolute atomic E-state index is 10.8. The first kappa shape index (κ1) is 10.5. The molecule has 7 heteroatoms. The van der Waals surface area contributed by atoms with E-state index in [0.29, 0.717) is 13.0 Å². The number of rotatable bonds is 4. The maximum atomic E-state index is 10.8. The summed E-state index contributed by atoms with van der Waals surface area (Å²) in [4.78, 5) is -0.0212. The Labute approximate surface area is 80.4 Å². The van der Waals surface area contributed by atoms with E-state index >= 15 is 0 Å². The summed E-state index contributed by atoms with van der Waals surface area (Å²) in [6, 6.07) is 0. The molecule has 74 valence electrons. The summed E-state index contributed by atoms with van der Waals surface area (Å²) in [6.07, 6.45) is 3.04. The predicted octanol–water partition coefficient (Wildman–Crippen LogP) is 0.193. The van der Waals surface area contributed by atoms with E-state index in [0.717, 1.165) is 0 Å². The molecule has 13 heavy (non-hydrogen) atoms. The van der Waals surface area contributed by atoms with Gasteiger partial charge in [-0.1, -0.05) is 0 Å². The first-order valence-electron chi connectivity index (χ1n) is 3.62. The summed E-state index contributed by atoms with van der Waals surface area (Å²) in [7, 11) is 1.39. The van der Waals surface area contributed by atoms with Crippen LogP contribution in [0.25, 0.3) is 0 Å². The van der Waals surface area contributed by atoms with Crippen molar-refractivity contribution in [2.24, 2.45) is 0 Å². The van der Waals surface area contributed by atoms with Crippen LogP contribution >= 0.6 is 10.7 Å². The van der Waals surface area contributed by atoms with E-state index in [-0.39, 0.29) is 11.5 Å². The molecule has 0 saturated carbocycles. The number of hydrogen-bond acceptors (Lipinski definition) is 4. The summed E-state index contributed by atoms with van der Waals surface area (Å²) in [6.45, 7) is 0.520. The van der Waals surface area contributed by atoms with Crippen LogP contribution in [0.4, 0.5) is 0 Å². The van der Waals surface area contributed by atoms with E-state index in [9.17, 15) is 8.42 Å². The molecular formula is C6H9ClN2O3S. The van der Waals surface area contributed by atoms with Crippen LogP contribution in [0.2, 0.25) is 0 Å². The van der Waals surface area contributed by atoms with Crippen molar-refractivity contribution >= 4 is 19.7 Å². The Morgan fingerprint density at radius 1 is 1.62 bits per heavy atom. The van der Waals surface area contributed by atoms with Crippen molar-refractivity contribution in [3.8, 4) is 0 Å². The lowest BCUT2D eigenvalue weighted by Gasteiger charge is -1.96. The highest BCUT2D eigenvalue weighted by Crippen LogP contribution is 2.12. The van der Waals surface area contributed by atoms with Crippen LogP contribution in [-0.4, -0.2) is 29.9 Å². The highest BCUT2D eigenvalue weighted by molar-refractivity contribution is 8.13. The zero-order valence-electron chi connectivity index (χ0n) is 6.72. The molecule has 0 aliphatic carbocycles. The Kier molecular flexibility index (Phi) is 3.29. The highest BCUT2D eigenvalue weighted by atomic mass is 35.7. The molecule has 0 spiro atoms. The minimum absolute atomic E-state index is 0.0212. The third-order valence-electron chi connectivity index (χ3n) is 1.44. The van der Waals surface area contributed by atoms with Crippen molar-refractivity contribution < 1.29 is 13.5 Å². The fourth-order valence-electron chi connectivity index (χ4n) is 0.826. The van der Waals surface area contributed by atoms with Gasteiger partial charge in [-0.25, -0.2) is 8.42 Å². The second-order valence-corrected chi connectivity index (χ2v) is 5.02. The smallest absolute Gasteiger partial charge is 0.264 e. The van der Waals surface area contributed by atoms with E-state index in [1.54, 1.807) is 0 Å². The van der Waals surface area contributed by atoms with Crippen LogP contribution < -0.4 is 0 Å². The van der Waals surface area contributed by atoms with Crippen molar-refractivity contribution in [2.75, 3.05) is 6.61 Å². The molecule has 0 amide bonds. The van der Waals surface area contributed by atoms with Crippen molar-refractivity contribution in [2.45, 2.75) is 17.9 Å². The van der Waals surface area contributed by atoms with Gasteiger partial charge in [-0.2, -0.15) is 5.10 Å². The lowest BCUT2D eigenvalue weighted by atomic mass is 10.5. The second-order valence-electron chi connectivity index (χ2n) is 2.45. The zero-order valence-corrected chi connectivity index (χ0v) is 8.29. The van der Waals surface area contributed by atoms with E-state index in [2.05, 4.69) is 5.10 Å². The third kappa shape index (κ3) is 2.98. The zero-order chi connectivity index (χ0) is 9.90. The molecular weight excluding hydrogens is 216 g/mol. The largest absolute Gasteiger partial charge is 0.396 e. The minimum atomic E-state index is -3.68. The first-order chi connectivity index (χ1) is 6.04. The molecule has 0 unspecified atom stereocenters. The lowest BCUT2D eigenvalue weighted by Crippen LogP contribution is -2.00. The molecule has 0 bridgehead atoms. The molecule has 0 aromatic carbocycles. The van der Waals surface area contributed by atoms with Crippen molar-refractivity contribution in [3.05, 3.63) is 12.4 Å². The summed E-state index contributed by atoms with van der Waals surface area (Å²) < 4.78 is 23.0. The van der Waals surface area contributed by atoms with E-state index in [4.69, 9.17) is 15.8 Å². The van der Waals surface area contributed by atoms with Gasteiger partial charge in [0.2, 0.25) is 0 Å². The Morgan fingerprint density at radius 2 is 2.31 bits per heavy atom. The number of nitrogens with zero attached hydrogens (tertiary/aromatic N) is 2. The lowest BCUT2D eigenvalue weighted by molar-refractivity contribution is 0.277. The van der Waals surface area contributed by atoms with Crippen molar-refractivity contribution in [3.63, 3.8) is 0 Å². The topological polar surface area (TPSA) is 72.2 Å². The molecule has 1 aromatic rings. The van der Waals surface area contributed by atoms with Crippen LogP contribution in [-0.2, 0) is 15.6 Å². The van der Waals surface area contributed by atoms with Gasteiger partial charge in [0, 0.05) is 30.0 Å². The second kappa shape index (κ2) is 4.08. The number of aromatic nitrogens is 2. The molecule has 5 nitrogen and oxygen atoms in total. The van der Waals surface area contributed by atoms with E-state index in [1.807, 2.05) is 0 Å². The number of hydrogen-bond donors (Lipinski definition) is 1. The van der Waals surface area contributed by atoms with Gasteiger partial charge in [0.15, 0.2) is 0 Å². The van der Waals surface area contributed by atoms with Gasteiger partial charge >= 0.3 is 0 Å². The third-order valence-corrected chi connectivity index (χ3v) is 2.74. The SMILES string of the molecule is O=S(=O)(Cl)c1cnn(CCCO)c1. The van der Waals surface area contributed by atoms with Gasteiger partial charge < -0.3 is 5.11 Å². The van der Waals surface area contributed by atoms with Crippen LogP contribution in [0, 0.1) is 0 Å². The summed E-state index contributed by atoms with van der Waals surface area (Å²) >= 11 is 0. The molecule has 0 saturated heterocycles. The van der Waals surface area contributed by atoms with Crippen LogP contribution in [0.15, 0.2) is 17.3 Å². The summed E-state index contributed by atoms with van der Waals surface area (Å²) in [5.74, 6) is 0. The fraction of sp³-hybridized carbons (Fsp3) is 0.500. The Bertz CT molecular complexity index is 373. The van der Waals surface area contributed by atoms with Crippen LogP contribution in [0.3, 0.4) is 0 Å². The molecule has 1 N–H and O–H groups in total. The van der Waals surface area contributed by atoms with Crippen molar-refractivity contribution in [1.29, 1.82) is 0 Å². The minimum Gasteiger partial charge on any atom is -0.396 e. The number of aryl methyl sites for hydroxylation is 1. The summed E-state index contributed by atoms with van der Waals surface area (Å²) in [5.41, 5.74) is 0.